The van der Waals surface area contributed by atoms with Crippen molar-refractivity contribution in [1.29, 1.82) is 0 Å². The van der Waals surface area contributed by atoms with Gasteiger partial charge in [0.25, 0.3) is 5.91 Å². The van der Waals surface area contributed by atoms with E-state index in [0.29, 0.717) is 22.2 Å². The zero-order valence-corrected chi connectivity index (χ0v) is 13.1. The first-order valence-electron chi connectivity index (χ1n) is 6.01. The number of nitrogens with one attached hydrogen (secondary N) is 1. The van der Waals surface area contributed by atoms with E-state index in [4.69, 9.17) is 28.3 Å². The van der Waals surface area contributed by atoms with E-state index < -0.39 is 0 Å². The minimum atomic E-state index is -0.240. The van der Waals surface area contributed by atoms with Crippen molar-refractivity contribution in [3.63, 3.8) is 0 Å². The van der Waals surface area contributed by atoms with Crippen LogP contribution in [-0.2, 0) is 6.54 Å². The van der Waals surface area contributed by atoms with Crippen LogP contribution in [0.25, 0.3) is 0 Å². The van der Waals surface area contributed by atoms with Gasteiger partial charge in [-0.25, -0.2) is 0 Å². The van der Waals surface area contributed by atoms with E-state index >= 15 is 0 Å². The number of aliphatic hydroxyl groups excluding tert-OH is 1. The second kappa shape index (κ2) is 7.48. The smallest absolute Gasteiger partial charge is 0.251 e. The van der Waals surface area contributed by atoms with Crippen LogP contribution in [0, 0.1) is 11.8 Å². The van der Waals surface area contributed by atoms with Crippen LogP contribution in [0.1, 0.15) is 20.1 Å². The molecule has 0 radical (unpaired) electrons. The van der Waals surface area contributed by atoms with Crippen molar-refractivity contribution in [2.45, 2.75) is 6.54 Å². The molecule has 1 aromatic carbocycles. The highest BCUT2D eigenvalue weighted by Crippen LogP contribution is 2.19. The molecular weight excluding hydrogens is 329 g/mol. The first-order chi connectivity index (χ1) is 10.1. The van der Waals surface area contributed by atoms with Gasteiger partial charge in [0.1, 0.15) is 6.61 Å². The molecule has 0 aliphatic carbocycles. The first kappa shape index (κ1) is 15.9. The lowest BCUT2D eigenvalue weighted by Gasteiger charge is -2.04. The Morgan fingerprint density at radius 2 is 1.95 bits per heavy atom. The van der Waals surface area contributed by atoms with Gasteiger partial charge in [-0.15, -0.1) is 11.3 Å². The topological polar surface area (TPSA) is 49.3 Å². The second-order valence-electron chi connectivity index (χ2n) is 4.07. The fourth-order valence-corrected chi connectivity index (χ4v) is 2.97. The lowest BCUT2D eigenvalue weighted by Crippen LogP contribution is -2.22. The SMILES string of the molecule is O=C(NCc1ccc(C#CCO)s1)c1cc(Cl)cc(Cl)c1. The molecule has 1 heterocycles. The van der Waals surface area contributed by atoms with Crippen LogP contribution in [0.2, 0.25) is 10.0 Å². The van der Waals surface area contributed by atoms with Crippen molar-refractivity contribution in [3.05, 3.63) is 55.7 Å². The Labute approximate surface area is 136 Å². The van der Waals surface area contributed by atoms with Crippen molar-refractivity contribution in [1.82, 2.24) is 5.32 Å². The van der Waals surface area contributed by atoms with Crippen molar-refractivity contribution >= 4 is 40.4 Å². The third-order valence-corrected chi connectivity index (χ3v) is 3.94. The third kappa shape index (κ3) is 4.76. The number of hydrogen-bond acceptors (Lipinski definition) is 3. The maximum Gasteiger partial charge on any atom is 0.251 e. The van der Waals surface area contributed by atoms with Crippen LogP contribution in [0.5, 0.6) is 0 Å². The molecule has 21 heavy (non-hydrogen) atoms. The summed E-state index contributed by atoms with van der Waals surface area (Å²) in [7, 11) is 0. The lowest BCUT2D eigenvalue weighted by molar-refractivity contribution is 0.0951. The molecule has 0 bridgehead atoms. The Bertz CT molecular complexity index is 696. The Morgan fingerprint density at radius 3 is 2.62 bits per heavy atom. The number of hydrogen-bond donors (Lipinski definition) is 2. The van der Waals surface area contributed by atoms with E-state index in [2.05, 4.69) is 17.2 Å². The molecule has 0 aliphatic rings. The molecule has 2 rings (SSSR count). The quantitative estimate of drug-likeness (QED) is 0.842. The molecule has 0 unspecified atom stereocenters. The van der Waals surface area contributed by atoms with Crippen LogP contribution >= 0.6 is 34.5 Å². The number of halogens is 2. The predicted molar refractivity (Wildman–Crippen MR) is 85.9 cm³/mol. The first-order valence-corrected chi connectivity index (χ1v) is 7.58. The third-order valence-electron chi connectivity index (χ3n) is 2.50. The number of carbonyl (C=O) groups excluding carboxylic acids is 1. The zero-order chi connectivity index (χ0) is 15.2. The molecule has 108 valence electrons. The largest absolute Gasteiger partial charge is 0.384 e. The van der Waals surface area contributed by atoms with Gasteiger partial charge in [-0.1, -0.05) is 35.0 Å². The molecule has 0 atom stereocenters. The summed E-state index contributed by atoms with van der Waals surface area (Å²) >= 11 is 13.2. The van der Waals surface area contributed by atoms with E-state index in [9.17, 15) is 4.79 Å². The summed E-state index contributed by atoms with van der Waals surface area (Å²) in [6.45, 7) is 0.230. The highest BCUT2D eigenvalue weighted by molar-refractivity contribution is 7.12. The number of carbonyl (C=O) groups is 1. The summed E-state index contributed by atoms with van der Waals surface area (Å²) < 4.78 is 0. The monoisotopic (exact) mass is 339 g/mol. The summed E-state index contributed by atoms with van der Waals surface area (Å²) in [5.41, 5.74) is 0.421. The summed E-state index contributed by atoms with van der Waals surface area (Å²) in [5.74, 6) is 5.16. The van der Waals surface area contributed by atoms with Crippen molar-refractivity contribution in [2.75, 3.05) is 6.61 Å². The van der Waals surface area contributed by atoms with Gasteiger partial charge in [0.05, 0.1) is 11.4 Å². The Kier molecular flexibility index (Phi) is 5.66. The molecule has 1 amide bonds. The van der Waals surface area contributed by atoms with Crippen LogP contribution in [0.4, 0.5) is 0 Å². The molecule has 0 saturated heterocycles. The van der Waals surface area contributed by atoms with Crippen LogP contribution < -0.4 is 5.32 Å². The van der Waals surface area contributed by atoms with Crippen molar-refractivity contribution < 1.29 is 9.90 Å². The number of aliphatic hydroxyl groups is 1. The Hall–Kier alpha value is -1.51. The average molecular weight is 340 g/mol. The molecule has 0 spiro atoms. The van der Waals surface area contributed by atoms with Gasteiger partial charge in [-0.2, -0.15) is 0 Å². The normalized spacial score (nSPS) is 9.86. The summed E-state index contributed by atoms with van der Waals surface area (Å²) in [6, 6.07) is 8.44. The van der Waals surface area contributed by atoms with Gasteiger partial charge in [0, 0.05) is 20.5 Å². The lowest BCUT2D eigenvalue weighted by atomic mass is 10.2. The van der Waals surface area contributed by atoms with Gasteiger partial charge in [0.2, 0.25) is 0 Å². The van der Waals surface area contributed by atoms with E-state index in [0.717, 1.165) is 9.75 Å². The summed E-state index contributed by atoms with van der Waals surface area (Å²) in [5, 5.41) is 12.3. The standard InChI is InChI=1S/C15H11Cl2NO2S/c16-11-6-10(7-12(17)8-11)15(20)18-9-14-4-3-13(21-14)2-1-5-19/h3-4,6-8,19H,5,9H2,(H,18,20). The Morgan fingerprint density at radius 1 is 1.24 bits per heavy atom. The van der Waals surface area contributed by atoms with E-state index in [1.165, 1.54) is 11.3 Å². The van der Waals surface area contributed by atoms with Gasteiger partial charge in [-0.05, 0) is 30.3 Å². The van der Waals surface area contributed by atoms with E-state index in [1.54, 1.807) is 18.2 Å². The minimum absolute atomic E-state index is 0.167. The van der Waals surface area contributed by atoms with E-state index in [1.807, 2.05) is 12.1 Å². The molecule has 0 saturated carbocycles. The van der Waals surface area contributed by atoms with Gasteiger partial charge in [0.15, 0.2) is 0 Å². The highest BCUT2D eigenvalue weighted by atomic mass is 35.5. The van der Waals surface area contributed by atoms with Crippen LogP contribution in [0.3, 0.4) is 0 Å². The van der Waals surface area contributed by atoms with E-state index in [-0.39, 0.29) is 12.5 Å². The molecule has 2 aromatic rings. The van der Waals surface area contributed by atoms with Gasteiger partial charge >= 0.3 is 0 Å². The fourth-order valence-electron chi connectivity index (χ4n) is 1.62. The fraction of sp³-hybridized carbons (Fsp3) is 0.133. The molecule has 2 N–H and O–H groups in total. The number of amides is 1. The average Bonchev–Trinajstić information content (AvgIpc) is 2.89. The molecule has 3 nitrogen and oxygen atoms in total. The van der Waals surface area contributed by atoms with Crippen molar-refractivity contribution in [3.8, 4) is 11.8 Å². The summed E-state index contributed by atoms with van der Waals surface area (Å²) in [4.78, 5) is 13.8. The number of thiophene rings is 1. The predicted octanol–water partition coefficient (Wildman–Crippen LogP) is 3.33. The molecule has 0 fully saturated rings. The maximum absolute atomic E-state index is 12.0. The molecule has 0 aliphatic heterocycles. The summed E-state index contributed by atoms with van der Waals surface area (Å²) in [6.07, 6.45) is 0. The number of rotatable bonds is 3. The second-order valence-corrected chi connectivity index (χ2v) is 6.11. The zero-order valence-electron chi connectivity index (χ0n) is 10.8. The minimum Gasteiger partial charge on any atom is -0.384 e. The van der Waals surface area contributed by atoms with Crippen LogP contribution in [-0.4, -0.2) is 17.6 Å². The number of benzene rings is 1. The van der Waals surface area contributed by atoms with Gasteiger partial charge < -0.3 is 10.4 Å². The van der Waals surface area contributed by atoms with Gasteiger partial charge in [-0.3, -0.25) is 4.79 Å². The molecule has 1 aromatic heterocycles. The molecule has 6 heteroatoms. The maximum atomic E-state index is 12.0. The molecular formula is C15H11Cl2NO2S. The Balaban J connectivity index is 1.99. The van der Waals surface area contributed by atoms with Crippen LogP contribution in [0.15, 0.2) is 30.3 Å². The van der Waals surface area contributed by atoms with Crippen molar-refractivity contribution in [2.24, 2.45) is 0 Å². The highest BCUT2D eigenvalue weighted by Gasteiger charge is 2.08.